The number of aromatic nitrogens is 1. The Bertz CT molecular complexity index is 727. The van der Waals surface area contributed by atoms with Crippen LogP contribution in [0.1, 0.15) is 5.01 Å². The van der Waals surface area contributed by atoms with Crippen LogP contribution in [0.4, 0.5) is 0 Å². The van der Waals surface area contributed by atoms with E-state index < -0.39 is 6.10 Å². The molecule has 1 atom stereocenters. The number of aliphatic hydroxyl groups is 1. The number of amides is 1. The van der Waals surface area contributed by atoms with Crippen molar-refractivity contribution in [3.63, 3.8) is 0 Å². The van der Waals surface area contributed by atoms with Gasteiger partial charge in [-0.3, -0.25) is 14.6 Å². The number of nitrogens with one attached hydrogen (secondary N) is 1. The third-order valence-corrected chi connectivity index (χ3v) is 6.10. The average molecular weight is 406 g/mol. The van der Waals surface area contributed by atoms with Crippen molar-refractivity contribution >= 4 is 27.5 Å². The van der Waals surface area contributed by atoms with Crippen LogP contribution in [0.15, 0.2) is 24.3 Å². The highest BCUT2D eigenvalue weighted by atomic mass is 32.1. The number of rotatable bonds is 9. The number of para-hydroxylation sites is 1. The van der Waals surface area contributed by atoms with E-state index in [9.17, 15) is 9.90 Å². The van der Waals surface area contributed by atoms with Gasteiger partial charge < -0.3 is 15.3 Å². The Hall–Kier alpha value is -1.58. The number of β-amino-alcohol motifs (C(OH)–C–C–N with tert-alkyl or cyclic N) is 1. The third kappa shape index (κ3) is 6.49. The summed E-state index contributed by atoms with van der Waals surface area (Å²) in [6.45, 7) is 6.09. The summed E-state index contributed by atoms with van der Waals surface area (Å²) in [5.74, 6) is -0.0181. The molecule has 3 rings (SSSR count). The largest absolute Gasteiger partial charge is 0.390 e. The van der Waals surface area contributed by atoms with Crippen LogP contribution in [-0.2, 0) is 11.2 Å². The van der Waals surface area contributed by atoms with Crippen molar-refractivity contribution in [2.24, 2.45) is 0 Å². The fourth-order valence-electron chi connectivity index (χ4n) is 3.45. The van der Waals surface area contributed by atoms with Crippen molar-refractivity contribution < 1.29 is 9.90 Å². The van der Waals surface area contributed by atoms with E-state index in [1.54, 1.807) is 11.3 Å². The van der Waals surface area contributed by atoms with Crippen molar-refractivity contribution in [1.29, 1.82) is 0 Å². The number of thiazole rings is 1. The number of carbonyl (C=O) groups excluding carboxylic acids is 1. The van der Waals surface area contributed by atoms with E-state index in [-0.39, 0.29) is 5.91 Å². The van der Waals surface area contributed by atoms with Gasteiger partial charge >= 0.3 is 0 Å². The predicted octanol–water partition coefficient (Wildman–Crippen LogP) is 0.495. The minimum absolute atomic E-state index is 0.0181. The van der Waals surface area contributed by atoms with Gasteiger partial charge in [-0.2, -0.15) is 0 Å². The maximum atomic E-state index is 12.2. The molecular formula is C20H31N5O2S. The molecular weight excluding hydrogens is 374 g/mol. The zero-order valence-corrected chi connectivity index (χ0v) is 17.6. The minimum Gasteiger partial charge on any atom is -0.390 e. The SMILES string of the molecule is CN1CCN(C[C@@H](O)CN(C)CC(=O)NCCc2nc3ccccc3s2)CC1. The molecule has 0 saturated carbocycles. The number of carbonyl (C=O) groups is 1. The van der Waals surface area contributed by atoms with E-state index in [1.165, 1.54) is 4.70 Å². The van der Waals surface area contributed by atoms with Crippen LogP contribution in [0, 0.1) is 0 Å². The third-order valence-electron chi connectivity index (χ3n) is 5.00. The van der Waals surface area contributed by atoms with Gasteiger partial charge in [-0.15, -0.1) is 11.3 Å². The summed E-state index contributed by atoms with van der Waals surface area (Å²) in [7, 11) is 4.00. The van der Waals surface area contributed by atoms with Crippen LogP contribution in [0.25, 0.3) is 10.2 Å². The van der Waals surface area contributed by atoms with Crippen molar-refractivity contribution in [2.75, 3.05) is 66.5 Å². The number of hydrogen-bond acceptors (Lipinski definition) is 7. The van der Waals surface area contributed by atoms with Crippen molar-refractivity contribution in [3.05, 3.63) is 29.3 Å². The molecule has 1 aromatic heterocycles. The van der Waals surface area contributed by atoms with Gasteiger partial charge in [0.1, 0.15) is 0 Å². The molecule has 0 aliphatic carbocycles. The summed E-state index contributed by atoms with van der Waals surface area (Å²) >= 11 is 1.67. The normalized spacial score (nSPS) is 17.3. The van der Waals surface area contributed by atoms with Gasteiger partial charge in [-0.25, -0.2) is 4.98 Å². The lowest BCUT2D eigenvalue weighted by Crippen LogP contribution is -2.49. The first kappa shape index (κ1) is 21.1. The number of benzene rings is 1. The van der Waals surface area contributed by atoms with E-state index in [4.69, 9.17) is 0 Å². The second kappa shape index (κ2) is 10.3. The molecule has 8 heteroatoms. The van der Waals surface area contributed by atoms with E-state index in [2.05, 4.69) is 33.2 Å². The molecule has 1 aromatic carbocycles. The molecule has 0 unspecified atom stereocenters. The fourth-order valence-corrected chi connectivity index (χ4v) is 4.41. The molecule has 0 spiro atoms. The molecule has 2 heterocycles. The highest BCUT2D eigenvalue weighted by Gasteiger charge is 2.18. The molecule has 0 radical (unpaired) electrons. The Kier molecular flexibility index (Phi) is 7.75. The smallest absolute Gasteiger partial charge is 0.234 e. The molecule has 154 valence electrons. The van der Waals surface area contributed by atoms with Gasteiger partial charge in [-0.1, -0.05) is 12.1 Å². The molecule has 2 N–H and O–H groups in total. The summed E-state index contributed by atoms with van der Waals surface area (Å²) in [6.07, 6.45) is 0.296. The van der Waals surface area contributed by atoms with E-state index in [0.717, 1.165) is 43.1 Å². The summed E-state index contributed by atoms with van der Waals surface area (Å²) in [4.78, 5) is 23.2. The Balaban J connectivity index is 1.32. The fraction of sp³-hybridized carbons (Fsp3) is 0.600. The number of hydrogen-bond donors (Lipinski definition) is 2. The van der Waals surface area contributed by atoms with E-state index in [0.29, 0.717) is 26.2 Å². The lowest BCUT2D eigenvalue weighted by Gasteiger charge is -2.34. The summed E-state index contributed by atoms with van der Waals surface area (Å²) in [5.41, 5.74) is 1.02. The quantitative estimate of drug-likeness (QED) is 0.633. The number of likely N-dealkylation sites (N-methyl/N-ethyl adjacent to an activating group) is 2. The van der Waals surface area contributed by atoms with Crippen LogP contribution in [0.3, 0.4) is 0 Å². The summed E-state index contributed by atoms with van der Waals surface area (Å²) < 4.78 is 1.18. The first-order valence-corrected chi connectivity index (χ1v) is 10.7. The summed E-state index contributed by atoms with van der Waals surface area (Å²) in [5, 5.41) is 14.3. The van der Waals surface area contributed by atoms with Crippen LogP contribution >= 0.6 is 11.3 Å². The zero-order chi connectivity index (χ0) is 19.9. The molecule has 7 nitrogen and oxygen atoms in total. The van der Waals surface area contributed by atoms with Gasteiger partial charge in [0.05, 0.1) is 27.9 Å². The standard InChI is InChI=1S/C20H31N5O2S/c1-23-9-11-25(12-10-23)14-16(26)13-24(2)15-19(27)21-8-7-20-22-17-5-3-4-6-18(17)28-20/h3-6,16,26H,7-15H2,1-2H3,(H,21,27)/t16-/m0/s1. The molecule has 1 fully saturated rings. The minimum atomic E-state index is -0.441. The van der Waals surface area contributed by atoms with Crippen molar-refractivity contribution in [2.45, 2.75) is 12.5 Å². The van der Waals surface area contributed by atoms with Crippen LogP contribution in [0.2, 0.25) is 0 Å². The van der Waals surface area contributed by atoms with Crippen LogP contribution < -0.4 is 5.32 Å². The molecule has 1 aliphatic rings. The van der Waals surface area contributed by atoms with Gasteiger partial charge in [0.25, 0.3) is 0 Å². The number of aliphatic hydroxyl groups excluding tert-OH is 1. The molecule has 0 bridgehead atoms. The maximum Gasteiger partial charge on any atom is 0.234 e. The maximum absolute atomic E-state index is 12.2. The zero-order valence-electron chi connectivity index (χ0n) is 16.8. The van der Waals surface area contributed by atoms with Crippen molar-refractivity contribution in [3.8, 4) is 0 Å². The van der Waals surface area contributed by atoms with Crippen LogP contribution in [-0.4, -0.2) is 103 Å². The van der Waals surface area contributed by atoms with Gasteiger partial charge in [0.15, 0.2) is 0 Å². The van der Waals surface area contributed by atoms with E-state index in [1.807, 2.05) is 30.1 Å². The Labute approximate surface area is 170 Å². The second-order valence-electron chi connectivity index (χ2n) is 7.63. The topological polar surface area (TPSA) is 71.9 Å². The van der Waals surface area contributed by atoms with Gasteiger partial charge in [-0.05, 0) is 26.2 Å². The average Bonchev–Trinajstić information content (AvgIpc) is 3.06. The van der Waals surface area contributed by atoms with E-state index >= 15 is 0 Å². The number of fused-ring (bicyclic) bond motifs is 1. The number of piperazine rings is 1. The van der Waals surface area contributed by atoms with Gasteiger partial charge in [0, 0.05) is 52.2 Å². The first-order valence-electron chi connectivity index (χ1n) is 9.88. The number of nitrogens with zero attached hydrogens (tertiary/aromatic N) is 4. The lowest BCUT2D eigenvalue weighted by atomic mass is 10.2. The molecule has 28 heavy (non-hydrogen) atoms. The highest BCUT2D eigenvalue weighted by molar-refractivity contribution is 7.18. The summed E-state index contributed by atoms with van der Waals surface area (Å²) in [6, 6.07) is 8.08. The second-order valence-corrected chi connectivity index (χ2v) is 8.74. The Morgan fingerprint density at radius 2 is 2.07 bits per heavy atom. The van der Waals surface area contributed by atoms with Crippen LogP contribution in [0.5, 0.6) is 0 Å². The Morgan fingerprint density at radius 1 is 1.32 bits per heavy atom. The molecule has 1 aliphatic heterocycles. The Morgan fingerprint density at radius 3 is 2.82 bits per heavy atom. The lowest BCUT2D eigenvalue weighted by molar-refractivity contribution is -0.122. The first-order chi connectivity index (χ1) is 13.5. The predicted molar refractivity (Wildman–Crippen MR) is 114 cm³/mol. The highest BCUT2D eigenvalue weighted by Crippen LogP contribution is 2.21. The van der Waals surface area contributed by atoms with Crippen molar-refractivity contribution in [1.82, 2.24) is 25.0 Å². The molecule has 1 saturated heterocycles. The monoisotopic (exact) mass is 405 g/mol. The van der Waals surface area contributed by atoms with Gasteiger partial charge in [0.2, 0.25) is 5.91 Å². The molecule has 2 aromatic rings. The molecule has 1 amide bonds.